The maximum atomic E-state index is 12.1. The number of benzene rings is 1. The van der Waals surface area contributed by atoms with Gasteiger partial charge in [0.05, 0.1) is 17.5 Å². The van der Waals surface area contributed by atoms with Crippen molar-refractivity contribution < 1.29 is 18.0 Å². The van der Waals surface area contributed by atoms with E-state index in [2.05, 4.69) is 4.72 Å². The van der Waals surface area contributed by atoms with Crippen LogP contribution in [0.2, 0.25) is 0 Å². The van der Waals surface area contributed by atoms with Gasteiger partial charge >= 0.3 is 0 Å². The number of nitrogens with one attached hydrogen (secondary N) is 1. The number of rotatable bonds is 5. The average molecular weight is 309 g/mol. The number of sulfonamides is 1. The Morgan fingerprint density at radius 1 is 1.38 bits per heavy atom. The first-order valence-electron chi connectivity index (χ1n) is 6.67. The van der Waals surface area contributed by atoms with Crippen molar-refractivity contribution in [1.82, 2.24) is 9.62 Å². The van der Waals surface area contributed by atoms with Crippen molar-refractivity contribution in [3.8, 4) is 0 Å². The Balaban J connectivity index is 2.00. The van der Waals surface area contributed by atoms with Gasteiger partial charge in [-0.1, -0.05) is 17.7 Å². The minimum absolute atomic E-state index is 0.112. The minimum Gasteiger partial charge on any atom is -0.331 e. The van der Waals surface area contributed by atoms with Gasteiger partial charge in [0.1, 0.15) is 0 Å². The number of aryl methyl sites for hydroxylation is 1. The molecule has 1 saturated heterocycles. The number of likely N-dealkylation sites (tertiary alicyclic amines) is 1. The van der Waals surface area contributed by atoms with E-state index in [1.807, 2.05) is 13.2 Å². The second kappa shape index (κ2) is 6.36. The summed E-state index contributed by atoms with van der Waals surface area (Å²) in [6, 6.07) is 5.80. The van der Waals surface area contributed by atoms with Gasteiger partial charge in [0, 0.05) is 6.54 Å². The Morgan fingerprint density at radius 2 is 2.05 bits per heavy atom. The van der Waals surface area contributed by atoms with Gasteiger partial charge in [-0.2, -0.15) is 0 Å². The first kappa shape index (κ1) is 15.7. The van der Waals surface area contributed by atoms with Gasteiger partial charge in [-0.15, -0.1) is 0 Å². The summed E-state index contributed by atoms with van der Waals surface area (Å²) in [5.74, 6) is -0.406. The van der Waals surface area contributed by atoms with E-state index < -0.39 is 22.0 Å². The molecule has 1 amide bonds. The summed E-state index contributed by atoms with van der Waals surface area (Å²) < 4.78 is 26.4. The van der Waals surface area contributed by atoms with Crippen LogP contribution in [-0.4, -0.2) is 44.6 Å². The van der Waals surface area contributed by atoms with Gasteiger partial charge in [-0.05, 0) is 31.9 Å². The smallest absolute Gasteiger partial charge is 0.241 e. The Labute approximate surface area is 124 Å². The quantitative estimate of drug-likeness (QED) is 0.852. The molecule has 1 aliphatic rings. The van der Waals surface area contributed by atoms with E-state index in [0.29, 0.717) is 13.0 Å². The van der Waals surface area contributed by atoms with Crippen LogP contribution in [0.5, 0.6) is 0 Å². The predicted molar refractivity (Wildman–Crippen MR) is 76.8 cm³/mol. The van der Waals surface area contributed by atoms with Crippen LogP contribution in [0.4, 0.5) is 0 Å². The molecule has 1 N–H and O–H groups in total. The summed E-state index contributed by atoms with van der Waals surface area (Å²) in [5, 5.41) is 0. The molecule has 0 aromatic heterocycles. The summed E-state index contributed by atoms with van der Waals surface area (Å²) in [5.41, 5.74) is 0.950. The largest absolute Gasteiger partial charge is 0.331 e. The summed E-state index contributed by atoms with van der Waals surface area (Å²) in [4.78, 5) is 24.2. The van der Waals surface area contributed by atoms with Crippen LogP contribution >= 0.6 is 0 Å². The van der Waals surface area contributed by atoms with E-state index in [4.69, 9.17) is 0 Å². The lowest BCUT2D eigenvalue weighted by Gasteiger charge is -2.20. The van der Waals surface area contributed by atoms with Crippen molar-refractivity contribution in [1.29, 1.82) is 0 Å². The number of hydrogen-bond donors (Lipinski definition) is 1. The van der Waals surface area contributed by atoms with Crippen molar-refractivity contribution in [2.45, 2.75) is 30.7 Å². The first-order valence-corrected chi connectivity index (χ1v) is 8.16. The number of carbonyl (C=O) groups is 1. The molecule has 21 heavy (non-hydrogen) atoms. The average Bonchev–Trinajstić information content (AvgIpc) is 2.94. The SMILES string of the molecule is Cc1ccc(S(=O)(=O)NCC(=O)N2CCC[C@H]2[C]=O)cc1. The molecular weight excluding hydrogens is 292 g/mol. The van der Waals surface area contributed by atoms with Gasteiger partial charge in [-0.3, -0.25) is 9.59 Å². The van der Waals surface area contributed by atoms with Crippen LogP contribution < -0.4 is 4.72 Å². The summed E-state index contributed by atoms with van der Waals surface area (Å²) in [6.07, 6.45) is 3.12. The Kier molecular flexibility index (Phi) is 4.74. The van der Waals surface area contributed by atoms with Crippen molar-refractivity contribution in [2.24, 2.45) is 0 Å². The fourth-order valence-electron chi connectivity index (χ4n) is 2.25. The fraction of sp³-hybridized carbons (Fsp3) is 0.429. The molecule has 0 unspecified atom stereocenters. The third-order valence-electron chi connectivity index (χ3n) is 3.45. The highest BCUT2D eigenvalue weighted by Gasteiger charge is 2.29. The second-order valence-corrected chi connectivity index (χ2v) is 6.77. The molecule has 1 radical (unpaired) electrons. The van der Waals surface area contributed by atoms with Gasteiger partial charge < -0.3 is 4.90 Å². The van der Waals surface area contributed by atoms with E-state index in [0.717, 1.165) is 12.0 Å². The second-order valence-electron chi connectivity index (χ2n) is 5.00. The molecule has 1 heterocycles. The van der Waals surface area contributed by atoms with E-state index >= 15 is 0 Å². The third-order valence-corrected chi connectivity index (χ3v) is 4.87. The number of hydrogen-bond acceptors (Lipinski definition) is 4. The third kappa shape index (κ3) is 3.68. The molecule has 1 aliphatic heterocycles. The van der Waals surface area contributed by atoms with Crippen LogP contribution in [0.1, 0.15) is 18.4 Å². The Morgan fingerprint density at radius 3 is 2.67 bits per heavy atom. The molecule has 1 atom stereocenters. The highest BCUT2D eigenvalue weighted by Crippen LogP contribution is 2.15. The first-order chi connectivity index (χ1) is 9.94. The van der Waals surface area contributed by atoms with E-state index in [-0.39, 0.29) is 11.4 Å². The molecule has 1 aromatic rings. The number of nitrogens with zero attached hydrogens (tertiary/aromatic N) is 1. The summed E-state index contributed by atoms with van der Waals surface area (Å²) >= 11 is 0. The summed E-state index contributed by atoms with van der Waals surface area (Å²) in [7, 11) is -3.72. The lowest BCUT2D eigenvalue weighted by molar-refractivity contribution is -0.129. The fourth-order valence-corrected chi connectivity index (χ4v) is 3.22. The zero-order valence-electron chi connectivity index (χ0n) is 11.7. The molecule has 0 bridgehead atoms. The van der Waals surface area contributed by atoms with Crippen molar-refractivity contribution >= 4 is 22.2 Å². The lowest BCUT2D eigenvalue weighted by Crippen LogP contribution is -2.43. The highest BCUT2D eigenvalue weighted by atomic mass is 32.2. The molecular formula is C14H17N2O4S. The predicted octanol–water partition coefficient (Wildman–Crippen LogP) is 0.374. The highest BCUT2D eigenvalue weighted by molar-refractivity contribution is 7.89. The van der Waals surface area contributed by atoms with Crippen molar-refractivity contribution in [3.05, 3.63) is 29.8 Å². The van der Waals surface area contributed by atoms with Gasteiger partial charge in [-0.25, -0.2) is 13.1 Å². The topological polar surface area (TPSA) is 83.6 Å². The van der Waals surface area contributed by atoms with E-state index in [1.165, 1.54) is 17.0 Å². The maximum Gasteiger partial charge on any atom is 0.241 e. The molecule has 1 aromatic carbocycles. The molecule has 113 valence electrons. The van der Waals surface area contributed by atoms with Crippen molar-refractivity contribution in [3.63, 3.8) is 0 Å². The number of amides is 1. The number of carbonyl (C=O) groups excluding carboxylic acids is 2. The zero-order valence-corrected chi connectivity index (χ0v) is 12.5. The Bertz CT molecular complexity index is 625. The Hall–Kier alpha value is -1.73. The van der Waals surface area contributed by atoms with E-state index in [9.17, 15) is 18.0 Å². The zero-order chi connectivity index (χ0) is 15.5. The summed E-state index contributed by atoms with van der Waals surface area (Å²) in [6.45, 7) is 1.97. The van der Waals surface area contributed by atoms with E-state index in [1.54, 1.807) is 12.1 Å². The van der Waals surface area contributed by atoms with Gasteiger partial charge in [0.2, 0.25) is 22.2 Å². The monoisotopic (exact) mass is 309 g/mol. The molecule has 0 spiro atoms. The standard InChI is InChI=1S/C14H17N2O4S/c1-11-4-6-13(7-5-11)21(19,20)15-9-14(18)16-8-2-3-12(16)10-17/h4-7,12,15H,2-3,8-9H2,1H3/t12-/m0/s1. The van der Waals surface area contributed by atoms with Crippen LogP contribution in [0, 0.1) is 6.92 Å². The molecule has 2 rings (SSSR count). The van der Waals surface area contributed by atoms with Crippen LogP contribution in [0.25, 0.3) is 0 Å². The van der Waals surface area contributed by atoms with Crippen LogP contribution in [0.3, 0.4) is 0 Å². The van der Waals surface area contributed by atoms with Gasteiger partial charge in [0.15, 0.2) is 0 Å². The molecule has 1 fully saturated rings. The minimum atomic E-state index is -3.72. The van der Waals surface area contributed by atoms with Crippen LogP contribution in [0.15, 0.2) is 29.2 Å². The molecule has 6 nitrogen and oxygen atoms in total. The van der Waals surface area contributed by atoms with Gasteiger partial charge in [0.25, 0.3) is 0 Å². The molecule has 7 heteroatoms. The maximum absolute atomic E-state index is 12.1. The molecule has 0 aliphatic carbocycles. The van der Waals surface area contributed by atoms with Crippen LogP contribution in [-0.2, 0) is 19.6 Å². The lowest BCUT2D eigenvalue weighted by atomic mass is 10.2. The normalized spacial score (nSPS) is 18.7. The molecule has 0 saturated carbocycles. The van der Waals surface area contributed by atoms with Crippen molar-refractivity contribution in [2.75, 3.05) is 13.1 Å².